The average Bonchev–Trinajstić information content (AvgIpc) is 2.75. The lowest BCUT2D eigenvalue weighted by Gasteiger charge is -2.14. The van der Waals surface area contributed by atoms with E-state index in [4.69, 9.17) is 0 Å². The second-order valence-electron chi connectivity index (χ2n) is 6.51. The number of benzene rings is 1. The zero-order chi connectivity index (χ0) is 21.8. The molecule has 8 nitrogen and oxygen atoms in total. The fourth-order valence-corrected chi connectivity index (χ4v) is 3.18. The second kappa shape index (κ2) is 8.73. The van der Waals surface area contributed by atoms with Crippen LogP contribution in [-0.2, 0) is 29.0 Å². The summed E-state index contributed by atoms with van der Waals surface area (Å²) >= 11 is 0. The standard InChI is InChI=1S/C21H20FN3O5/c1-3-12-9-14(22)7-6-13(12)10-24-20(28)17-19(27)18-15(5-4-8-23-18)25(21(17)29)11-16(26)30-2/h4-9,27H,3,10-11H2,1-2H3,(H,24,28). The molecule has 0 spiro atoms. The van der Waals surface area contributed by atoms with Gasteiger partial charge < -0.3 is 15.2 Å². The van der Waals surface area contributed by atoms with Gasteiger partial charge in [-0.15, -0.1) is 0 Å². The van der Waals surface area contributed by atoms with Crippen LogP contribution in [-0.4, -0.2) is 33.6 Å². The van der Waals surface area contributed by atoms with Crippen LogP contribution in [0.25, 0.3) is 11.0 Å². The molecular formula is C21H20FN3O5. The molecule has 156 valence electrons. The molecule has 0 fully saturated rings. The van der Waals surface area contributed by atoms with Gasteiger partial charge in [-0.05, 0) is 41.8 Å². The molecule has 0 unspecified atom stereocenters. The first-order valence-corrected chi connectivity index (χ1v) is 9.20. The first-order chi connectivity index (χ1) is 14.4. The zero-order valence-electron chi connectivity index (χ0n) is 16.4. The first kappa shape index (κ1) is 21.0. The molecule has 0 saturated carbocycles. The number of esters is 1. The van der Waals surface area contributed by atoms with E-state index in [2.05, 4.69) is 15.0 Å². The molecule has 9 heteroatoms. The molecule has 1 amide bonds. The summed E-state index contributed by atoms with van der Waals surface area (Å²) in [4.78, 5) is 41.5. The van der Waals surface area contributed by atoms with Gasteiger partial charge in [0.15, 0.2) is 5.75 Å². The summed E-state index contributed by atoms with van der Waals surface area (Å²) in [5.74, 6) is -2.50. The molecule has 0 atom stereocenters. The Morgan fingerprint density at radius 2 is 2.03 bits per heavy atom. The highest BCUT2D eigenvalue weighted by molar-refractivity contribution is 6.01. The highest BCUT2D eigenvalue weighted by Crippen LogP contribution is 2.24. The number of rotatable bonds is 6. The molecule has 0 bridgehead atoms. The van der Waals surface area contributed by atoms with Gasteiger partial charge in [0.1, 0.15) is 23.4 Å². The first-order valence-electron chi connectivity index (χ1n) is 9.20. The summed E-state index contributed by atoms with van der Waals surface area (Å²) in [5.41, 5.74) is 0.190. The zero-order valence-corrected chi connectivity index (χ0v) is 16.4. The number of ether oxygens (including phenoxy) is 1. The minimum Gasteiger partial charge on any atom is -0.505 e. The molecule has 0 saturated heterocycles. The van der Waals surface area contributed by atoms with Crippen molar-refractivity contribution in [3.63, 3.8) is 0 Å². The monoisotopic (exact) mass is 413 g/mol. The Hall–Kier alpha value is -3.75. The molecule has 2 N–H and O–H groups in total. The van der Waals surface area contributed by atoms with Gasteiger partial charge in [0.25, 0.3) is 11.5 Å². The number of pyridine rings is 2. The van der Waals surface area contributed by atoms with Crippen molar-refractivity contribution >= 4 is 22.9 Å². The predicted octanol–water partition coefficient (Wildman–Crippen LogP) is 1.91. The van der Waals surface area contributed by atoms with Crippen molar-refractivity contribution in [2.45, 2.75) is 26.4 Å². The van der Waals surface area contributed by atoms with Gasteiger partial charge in [-0.25, -0.2) is 4.39 Å². The number of halogens is 1. The Balaban J connectivity index is 2.02. The van der Waals surface area contributed by atoms with E-state index < -0.39 is 35.3 Å². The number of aryl methyl sites for hydroxylation is 1. The second-order valence-corrected chi connectivity index (χ2v) is 6.51. The smallest absolute Gasteiger partial charge is 0.325 e. The maximum atomic E-state index is 13.4. The van der Waals surface area contributed by atoms with Crippen molar-refractivity contribution in [3.8, 4) is 5.75 Å². The lowest BCUT2D eigenvalue weighted by Crippen LogP contribution is -2.35. The van der Waals surface area contributed by atoms with Crippen LogP contribution in [0.1, 0.15) is 28.4 Å². The molecular weight excluding hydrogens is 393 g/mol. The Kier molecular flexibility index (Phi) is 6.10. The molecule has 0 radical (unpaired) electrons. The number of nitrogens with one attached hydrogen (secondary N) is 1. The van der Waals surface area contributed by atoms with Crippen LogP contribution in [0.5, 0.6) is 5.75 Å². The van der Waals surface area contributed by atoms with E-state index >= 15 is 0 Å². The highest BCUT2D eigenvalue weighted by atomic mass is 19.1. The highest BCUT2D eigenvalue weighted by Gasteiger charge is 2.24. The molecule has 1 aromatic carbocycles. The third-order valence-electron chi connectivity index (χ3n) is 4.73. The largest absolute Gasteiger partial charge is 0.505 e. The molecule has 3 rings (SSSR count). The van der Waals surface area contributed by atoms with Crippen molar-refractivity contribution in [1.29, 1.82) is 0 Å². The Labute approximate surface area is 170 Å². The number of hydrogen-bond donors (Lipinski definition) is 2. The predicted molar refractivity (Wildman–Crippen MR) is 107 cm³/mol. The minimum absolute atomic E-state index is 0.00202. The van der Waals surface area contributed by atoms with Crippen LogP contribution in [0.2, 0.25) is 0 Å². The third kappa shape index (κ3) is 4.00. The Bertz CT molecular complexity index is 1190. The van der Waals surface area contributed by atoms with E-state index in [-0.39, 0.29) is 23.4 Å². The van der Waals surface area contributed by atoms with E-state index in [9.17, 15) is 23.9 Å². The average molecular weight is 413 g/mol. The summed E-state index contributed by atoms with van der Waals surface area (Å²) in [6.07, 6.45) is 1.95. The maximum Gasteiger partial charge on any atom is 0.325 e. The molecule has 30 heavy (non-hydrogen) atoms. The lowest BCUT2D eigenvalue weighted by atomic mass is 10.0. The molecule has 2 heterocycles. The van der Waals surface area contributed by atoms with Gasteiger partial charge in [0, 0.05) is 12.7 Å². The Morgan fingerprint density at radius 1 is 1.27 bits per heavy atom. The molecule has 3 aromatic rings. The molecule has 0 aliphatic heterocycles. The van der Waals surface area contributed by atoms with Crippen molar-refractivity contribution in [1.82, 2.24) is 14.9 Å². The maximum absolute atomic E-state index is 13.4. The van der Waals surface area contributed by atoms with E-state index in [1.807, 2.05) is 6.92 Å². The van der Waals surface area contributed by atoms with E-state index in [1.165, 1.54) is 37.6 Å². The van der Waals surface area contributed by atoms with Crippen LogP contribution in [0.4, 0.5) is 4.39 Å². The summed E-state index contributed by atoms with van der Waals surface area (Å²) in [6, 6.07) is 7.24. The quantitative estimate of drug-likeness (QED) is 0.598. The molecule has 0 aliphatic rings. The number of carbonyl (C=O) groups is 2. The topological polar surface area (TPSA) is 111 Å². The van der Waals surface area contributed by atoms with Crippen molar-refractivity contribution in [2.24, 2.45) is 0 Å². The lowest BCUT2D eigenvalue weighted by molar-refractivity contribution is -0.141. The van der Waals surface area contributed by atoms with Gasteiger partial charge in [0.05, 0.1) is 12.6 Å². The van der Waals surface area contributed by atoms with Gasteiger partial charge in [-0.2, -0.15) is 0 Å². The number of amides is 1. The van der Waals surface area contributed by atoms with E-state index in [0.717, 1.165) is 4.57 Å². The van der Waals surface area contributed by atoms with Crippen LogP contribution >= 0.6 is 0 Å². The SMILES string of the molecule is CCc1cc(F)ccc1CNC(=O)c1c(O)c2ncccc2n(CC(=O)OC)c1=O. The summed E-state index contributed by atoms with van der Waals surface area (Å²) in [7, 11) is 1.18. The van der Waals surface area contributed by atoms with E-state index in [0.29, 0.717) is 17.5 Å². The van der Waals surface area contributed by atoms with Crippen molar-refractivity contribution in [3.05, 3.63) is 69.4 Å². The van der Waals surface area contributed by atoms with Crippen LogP contribution < -0.4 is 10.9 Å². The van der Waals surface area contributed by atoms with Crippen molar-refractivity contribution < 1.29 is 23.8 Å². The van der Waals surface area contributed by atoms with Gasteiger partial charge in [-0.1, -0.05) is 13.0 Å². The van der Waals surface area contributed by atoms with E-state index in [1.54, 1.807) is 6.07 Å². The van der Waals surface area contributed by atoms with Gasteiger partial charge in [-0.3, -0.25) is 23.9 Å². The number of carbonyl (C=O) groups excluding carboxylic acids is 2. The number of aromatic nitrogens is 2. The number of nitrogens with zero attached hydrogens (tertiary/aromatic N) is 2. The number of aromatic hydroxyl groups is 1. The summed E-state index contributed by atoms with van der Waals surface area (Å²) in [5, 5.41) is 13.1. The van der Waals surface area contributed by atoms with Crippen LogP contribution in [0, 0.1) is 5.82 Å². The van der Waals surface area contributed by atoms with Crippen LogP contribution in [0.3, 0.4) is 0 Å². The molecule has 2 aromatic heterocycles. The summed E-state index contributed by atoms with van der Waals surface area (Å²) in [6.45, 7) is 1.43. The fourth-order valence-electron chi connectivity index (χ4n) is 3.18. The normalized spacial score (nSPS) is 10.8. The van der Waals surface area contributed by atoms with Gasteiger partial charge >= 0.3 is 5.97 Å². The number of methoxy groups -OCH3 is 1. The minimum atomic E-state index is -0.856. The van der Waals surface area contributed by atoms with Gasteiger partial charge in [0.2, 0.25) is 0 Å². The summed E-state index contributed by atoms with van der Waals surface area (Å²) < 4.78 is 19.1. The van der Waals surface area contributed by atoms with Crippen molar-refractivity contribution in [2.75, 3.05) is 7.11 Å². The molecule has 0 aliphatic carbocycles. The Morgan fingerprint density at radius 3 is 2.73 bits per heavy atom. The number of hydrogen-bond acceptors (Lipinski definition) is 6. The fraction of sp³-hybridized carbons (Fsp3) is 0.238. The third-order valence-corrected chi connectivity index (χ3v) is 4.73. The number of fused-ring (bicyclic) bond motifs is 1. The van der Waals surface area contributed by atoms with Crippen LogP contribution in [0.15, 0.2) is 41.3 Å².